The van der Waals surface area contributed by atoms with Crippen molar-refractivity contribution in [1.29, 1.82) is 0 Å². The maximum Gasteiger partial charge on any atom is 0.277 e. The fourth-order valence-electron chi connectivity index (χ4n) is 2.05. The Morgan fingerprint density at radius 1 is 1.36 bits per heavy atom. The molecular weight excluding hydrogens is 412 g/mol. The summed E-state index contributed by atoms with van der Waals surface area (Å²) in [5.74, 6) is 0.302. The molecule has 0 fully saturated rings. The van der Waals surface area contributed by atoms with E-state index in [0.717, 1.165) is 12.8 Å². The van der Waals surface area contributed by atoms with Gasteiger partial charge in [0.2, 0.25) is 5.88 Å². The van der Waals surface area contributed by atoms with Gasteiger partial charge in [0.1, 0.15) is 12.1 Å². The molecule has 8 nitrogen and oxygen atoms in total. The maximum atomic E-state index is 12.5. The van der Waals surface area contributed by atoms with Crippen LogP contribution in [0.5, 0.6) is 5.88 Å². The van der Waals surface area contributed by atoms with Gasteiger partial charge in [-0.15, -0.1) is 0 Å². The molecule has 3 heterocycles. The van der Waals surface area contributed by atoms with E-state index in [0.29, 0.717) is 28.4 Å². The van der Waals surface area contributed by atoms with Gasteiger partial charge < -0.3 is 10.1 Å². The number of carbonyl (C=O) groups is 1. The minimum Gasteiger partial charge on any atom is -0.478 e. The second-order valence-corrected chi connectivity index (χ2v) is 6.33. The summed E-state index contributed by atoms with van der Waals surface area (Å²) >= 11 is 9.28. The summed E-state index contributed by atoms with van der Waals surface area (Å²) in [6, 6.07) is 3.17. The molecule has 0 saturated carbocycles. The molecule has 130 valence electrons. The fraction of sp³-hybridized carbons (Fsp3) is 0.267. The van der Waals surface area contributed by atoms with Gasteiger partial charge in [-0.3, -0.25) is 4.79 Å². The molecule has 3 rings (SSSR count). The summed E-state index contributed by atoms with van der Waals surface area (Å²) in [5.41, 5.74) is 0.714. The smallest absolute Gasteiger partial charge is 0.277 e. The molecule has 10 heteroatoms. The Bertz CT molecular complexity index is 916. The summed E-state index contributed by atoms with van der Waals surface area (Å²) in [7, 11) is 0. The van der Waals surface area contributed by atoms with E-state index in [9.17, 15) is 4.79 Å². The third kappa shape index (κ3) is 4.05. The molecular formula is C15H14BrClN6O2. The second kappa shape index (κ2) is 7.75. The number of hydrogen-bond acceptors (Lipinski definition) is 6. The molecule has 3 aromatic rings. The van der Waals surface area contributed by atoms with Gasteiger partial charge in [-0.1, -0.05) is 24.9 Å². The zero-order chi connectivity index (χ0) is 17.8. The van der Waals surface area contributed by atoms with Gasteiger partial charge >= 0.3 is 0 Å². The summed E-state index contributed by atoms with van der Waals surface area (Å²) in [6.45, 7) is 2.63. The lowest BCUT2D eigenvalue weighted by molar-refractivity contribution is 0.102. The van der Waals surface area contributed by atoms with E-state index >= 15 is 0 Å². The van der Waals surface area contributed by atoms with Crippen LogP contribution in [0, 0.1) is 0 Å². The number of fused-ring (bicyclic) bond motifs is 1. The lowest BCUT2D eigenvalue weighted by atomic mass is 10.4. The number of amides is 1. The van der Waals surface area contributed by atoms with E-state index in [1.807, 2.05) is 0 Å². The third-order valence-corrected chi connectivity index (χ3v) is 4.03. The first-order valence-corrected chi connectivity index (χ1v) is 8.71. The van der Waals surface area contributed by atoms with Crippen molar-refractivity contribution < 1.29 is 9.53 Å². The Labute approximate surface area is 156 Å². The Balaban J connectivity index is 1.80. The SMILES string of the molecule is CCCCOc1cc(NC(=O)c2cnc3c(Br)cc(Cl)nn23)ncn1. The van der Waals surface area contributed by atoms with Crippen LogP contribution in [0.15, 0.2) is 29.1 Å². The minimum atomic E-state index is -0.424. The van der Waals surface area contributed by atoms with E-state index in [1.54, 1.807) is 12.1 Å². The lowest BCUT2D eigenvalue weighted by Gasteiger charge is -2.07. The molecule has 0 spiro atoms. The molecule has 0 aliphatic heterocycles. The number of nitrogens with zero attached hydrogens (tertiary/aromatic N) is 5. The van der Waals surface area contributed by atoms with Crippen LogP contribution in [0.25, 0.3) is 5.65 Å². The van der Waals surface area contributed by atoms with E-state index in [1.165, 1.54) is 17.0 Å². The predicted octanol–water partition coefficient (Wildman–Crippen LogP) is 3.37. The van der Waals surface area contributed by atoms with E-state index in [4.69, 9.17) is 16.3 Å². The standard InChI is InChI=1S/C15H14BrClN6O2/c1-2-3-4-25-13-6-12(19-8-20-13)21-15(24)10-7-18-14-9(16)5-11(17)22-23(10)14/h5-8H,2-4H2,1H3,(H,19,20,21,24). The Morgan fingerprint density at radius 2 is 2.20 bits per heavy atom. The van der Waals surface area contributed by atoms with Crippen LogP contribution < -0.4 is 10.1 Å². The van der Waals surface area contributed by atoms with Crippen molar-refractivity contribution in [1.82, 2.24) is 24.6 Å². The Morgan fingerprint density at radius 3 is 3.00 bits per heavy atom. The van der Waals surface area contributed by atoms with Crippen LogP contribution in [-0.2, 0) is 0 Å². The largest absolute Gasteiger partial charge is 0.478 e. The van der Waals surface area contributed by atoms with Crippen molar-refractivity contribution in [2.45, 2.75) is 19.8 Å². The van der Waals surface area contributed by atoms with Crippen molar-refractivity contribution in [3.63, 3.8) is 0 Å². The van der Waals surface area contributed by atoms with E-state index in [-0.39, 0.29) is 10.8 Å². The topological polar surface area (TPSA) is 94.3 Å². The molecule has 0 atom stereocenters. The molecule has 0 bridgehead atoms. The van der Waals surface area contributed by atoms with Crippen molar-refractivity contribution in [2.24, 2.45) is 0 Å². The number of hydrogen-bond donors (Lipinski definition) is 1. The number of imidazole rings is 1. The number of aromatic nitrogens is 5. The first-order chi connectivity index (χ1) is 12.1. The molecule has 3 aromatic heterocycles. The highest BCUT2D eigenvalue weighted by Crippen LogP contribution is 2.21. The van der Waals surface area contributed by atoms with Gasteiger partial charge in [-0.25, -0.2) is 19.5 Å². The first-order valence-electron chi connectivity index (χ1n) is 7.54. The van der Waals surface area contributed by atoms with Crippen LogP contribution in [0.4, 0.5) is 5.82 Å². The fourth-order valence-corrected chi connectivity index (χ4v) is 2.85. The van der Waals surface area contributed by atoms with E-state index < -0.39 is 5.91 Å². The molecule has 0 saturated heterocycles. The number of anilines is 1. The number of nitrogens with one attached hydrogen (secondary N) is 1. The summed E-state index contributed by atoms with van der Waals surface area (Å²) in [6.07, 6.45) is 4.69. The van der Waals surface area contributed by atoms with Gasteiger partial charge in [-0.2, -0.15) is 5.10 Å². The zero-order valence-electron chi connectivity index (χ0n) is 13.2. The van der Waals surface area contributed by atoms with Crippen molar-refractivity contribution in [3.8, 4) is 5.88 Å². The molecule has 1 N–H and O–H groups in total. The second-order valence-electron chi connectivity index (χ2n) is 5.09. The van der Waals surface area contributed by atoms with Gasteiger partial charge in [0, 0.05) is 6.07 Å². The third-order valence-electron chi connectivity index (χ3n) is 3.26. The number of ether oxygens (including phenoxy) is 1. The summed E-state index contributed by atoms with van der Waals surface area (Å²) in [4.78, 5) is 24.7. The van der Waals surface area contributed by atoms with E-state index in [2.05, 4.69) is 48.2 Å². The number of unbranched alkanes of at least 4 members (excludes halogenated alkanes) is 1. The molecule has 1 amide bonds. The summed E-state index contributed by atoms with van der Waals surface area (Å²) in [5, 5.41) is 7.01. The minimum absolute atomic E-state index is 0.227. The Hall–Kier alpha value is -2.26. The number of rotatable bonds is 6. The predicted molar refractivity (Wildman–Crippen MR) is 96.1 cm³/mol. The molecule has 0 radical (unpaired) electrons. The van der Waals surface area contributed by atoms with Crippen LogP contribution in [0.1, 0.15) is 30.3 Å². The van der Waals surface area contributed by atoms with Crippen LogP contribution >= 0.6 is 27.5 Å². The van der Waals surface area contributed by atoms with Gasteiger partial charge in [0.05, 0.1) is 17.3 Å². The number of halogens is 2. The monoisotopic (exact) mass is 424 g/mol. The quantitative estimate of drug-likeness (QED) is 0.609. The highest BCUT2D eigenvalue weighted by atomic mass is 79.9. The average Bonchev–Trinajstić information content (AvgIpc) is 2.99. The first kappa shape index (κ1) is 17.6. The molecule has 0 unspecified atom stereocenters. The lowest BCUT2D eigenvalue weighted by Crippen LogP contribution is -2.16. The molecule has 0 aliphatic carbocycles. The van der Waals surface area contributed by atoms with Gasteiger partial charge in [0.15, 0.2) is 16.5 Å². The highest BCUT2D eigenvalue weighted by molar-refractivity contribution is 9.10. The maximum absolute atomic E-state index is 12.5. The van der Waals surface area contributed by atoms with Crippen LogP contribution in [0.3, 0.4) is 0 Å². The van der Waals surface area contributed by atoms with Crippen LogP contribution in [0.2, 0.25) is 5.15 Å². The summed E-state index contributed by atoms with van der Waals surface area (Å²) < 4.78 is 7.51. The van der Waals surface area contributed by atoms with Crippen molar-refractivity contribution >= 4 is 44.9 Å². The normalized spacial score (nSPS) is 10.8. The molecule has 0 aliphatic rings. The van der Waals surface area contributed by atoms with Gasteiger partial charge in [0.25, 0.3) is 5.91 Å². The number of carbonyl (C=O) groups excluding carboxylic acids is 1. The van der Waals surface area contributed by atoms with Crippen molar-refractivity contribution in [3.05, 3.63) is 40.0 Å². The highest BCUT2D eigenvalue weighted by Gasteiger charge is 2.16. The van der Waals surface area contributed by atoms with Gasteiger partial charge in [-0.05, 0) is 28.4 Å². The molecule has 25 heavy (non-hydrogen) atoms. The van der Waals surface area contributed by atoms with Crippen molar-refractivity contribution in [2.75, 3.05) is 11.9 Å². The Kier molecular flexibility index (Phi) is 5.44. The van der Waals surface area contributed by atoms with Crippen LogP contribution in [-0.4, -0.2) is 37.1 Å². The average molecular weight is 426 g/mol. The zero-order valence-corrected chi connectivity index (χ0v) is 15.6. The molecule has 0 aromatic carbocycles.